The molecule has 1 aliphatic rings. The lowest BCUT2D eigenvalue weighted by Gasteiger charge is -2.29. The molecule has 9 nitrogen and oxygen atoms in total. The van der Waals surface area contributed by atoms with Crippen LogP contribution in [0.3, 0.4) is 0 Å². The van der Waals surface area contributed by atoms with E-state index in [-0.39, 0.29) is 0 Å². The molecule has 0 saturated carbocycles. The maximum atomic E-state index is 4.57. The molecule has 5 rings (SSSR count). The van der Waals surface area contributed by atoms with Gasteiger partial charge in [0.1, 0.15) is 17.3 Å². The number of hydrogen-bond donors (Lipinski definition) is 3. The second-order valence-corrected chi connectivity index (χ2v) is 7.73. The van der Waals surface area contributed by atoms with Gasteiger partial charge in [-0.1, -0.05) is 6.07 Å². The summed E-state index contributed by atoms with van der Waals surface area (Å²) in [6.45, 7) is 6.02. The number of anilines is 5. The van der Waals surface area contributed by atoms with Gasteiger partial charge in [-0.05, 0) is 55.5 Å². The van der Waals surface area contributed by atoms with Crippen LogP contribution in [0.5, 0.6) is 0 Å². The number of nitrogens with zero attached hydrogens (tertiary/aromatic N) is 6. The Morgan fingerprint density at radius 1 is 0.788 bits per heavy atom. The zero-order valence-electron chi connectivity index (χ0n) is 18.4. The summed E-state index contributed by atoms with van der Waals surface area (Å²) < 4.78 is 0. The fourth-order valence-electron chi connectivity index (χ4n) is 3.65. The Morgan fingerprint density at radius 3 is 2.33 bits per heavy atom. The number of aryl methyl sites for hydroxylation is 1. The van der Waals surface area contributed by atoms with Crippen LogP contribution < -0.4 is 20.9 Å². The van der Waals surface area contributed by atoms with Crippen LogP contribution >= 0.6 is 0 Å². The Bertz CT molecular complexity index is 1220. The van der Waals surface area contributed by atoms with Crippen molar-refractivity contribution in [2.75, 3.05) is 41.7 Å². The first-order valence-electron chi connectivity index (χ1n) is 10.9. The summed E-state index contributed by atoms with van der Waals surface area (Å²) in [5.74, 6) is 2.32. The molecule has 4 aromatic rings. The first-order chi connectivity index (χ1) is 16.2. The van der Waals surface area contributed by atoms with E-state index in [1.54, 1.807) is 24.5 Å². The quantitative estimate of drug-likeness (QED) is 0.416. The number of benzene rings is 1. The van der Waals surface area contributed by atoms with E-state index in [0.29, 0.717) is 23.4 Å². The Kier molecular flexibility index (Phi) is 6.03. The molecular formula is C24H25N9. The molecule has 0 atom stereocenters. The number of aromatic nitrogens is 5. The number of nitrogens with one attached hydrogen (secondary N) is 3. The van der Waals surface area contributed by atoms with E-state index in [0.717, 1.165) is 43.3 Å². The molecule has 0 aliphatic carbocycles. The third kappa shape index (κ3) is 5.21. The van der Waals surface area contributed by atoms with Crippen LogP contribution in [-0.2, 0) is 0 Å². The lowest BCUT2D eigenvalue weighted by Crippen LogP contribution is -2.43. The van der Waals surface area contributed by atoms with Gasteiger partial charge in [0.25, 0.3) is 0 Å². The predicted octanol–water partition coefficient (Wildman–Crippen LogP) is 3.53. The fraction of sp³-hybridized carbons (Fsp3) is 0.208. The SMILES string of the molecule is Cc1cccc(-c2nccc(Nc3ccnc(Nc4ccc(N5CCNCC5)cc4)n3)n2)n1. The molecule has 1 aromatic carbocycles. The molecular weight excluding hydrogens is 414 g/mol. The largest absolute Gasteiger partial charge is 0.369 e. The third-order valence-corrected chi connectivity index (χ3v) is 5.29. The van der Waals surface area contributed by atoms with E-state index >= 15 is 0 Å². The second kappa shape index (κ2) is 9.58. The van der Waals surface area contributed by atoms with E-state index in [4.69, 9.17) is 0 Å². The summed E-state index contributed by atoms with van der Waals surface area (Å²) in [5.41, 5.74) is 3.80. The summed E-state index contributed by atoms with van der Waals surface area (Å²) >= 11 is 0. The van der Waals surface area contributed by atoms with Crippen molar-refractivity contribution in [1.82, 2.24) is 30.2 Å². The van der Waals surface area contributed by atoms with Gasteiger partial charge >= 0.3 is 0 Å². The van der Waals surface area contributed by atoms with Crippen molar-refractivity contribution in [3.05, 3.63) is 72.7 Å². The van der Waals surface area contributed by atoms with Crippen LogP contribution in [0.15, 0.2) is 67.0 Å². The number of pyridine rings is 1. The fourth-order valence-corrected chi connectivity index (χ4v) is 3.65. The lowest BCUT2D eigenvalue weighted by molar-refractivity contribution is 0.589. The van der Waals surface area contributed by atoms with Crippen molar-refractivity contribution in [2.45, 2.75) is 6.92 Å². The van der Waals surface area contributed by atoms with E-state index < -0.39 is 0 Å². The highest BCUT2D eigenvalue weighted by Gasteiger charge is 2.10. The monoisotopic (exact) mass is 439 g/mol. The molecule has 0 unspecified atom stereocenters. The molecule has 1 aliphatic heterocycles. The number of rotatable bonds is 6. The van der Waals surface area contributed by atoms with Crippen LogP contribution in [0.25, 0.3) is 11.5 Å². The lowest BCUT2D eigenvalue weighted by atomic mass is 10.2. The average molecular weight is 440 g/mol. The predicted molar refractivity (Wildman–Crippen MR) is 130 cm³/mol. The Balaban J connectivity index is 1.27. The summed E-state index contributed by atoms with van der Waals surface area (Å²) in [6, 6.07) is 17.7. The zero-order valence-corrected chi connectivity index (χ0v) is 18.4. The minimum absolute atomic E-state index is 0.504. The van der Waals surface area contributed by atoms with Gasteiger partial charge in [-0.2, -0.15) is 4.98 Å². The van der Waals surface area contributed by atoms with Crippen LogP contribution in [0.1, 0.15) is 5.69 Å². The van der Waals surface area contributed by atoms with Crippen molar-refractivity contribution in [2.24, 2.45) is 0 Å². The van der Waals surface area contributed by atoms with Gasteiger partial charge in [0.05, 0.1) is 0 Å². The Hall–Kier alpha value is -4.11. The molecule has 9 heteroatoms. The maximum absolute atomic E-state index is 4.57. The highest BCUT2D eigenvalue weighted by atomic mass is 15.2. The zero-order chi connectivity index (χ0) is 22.5. The molecule has 1 saturated heterocycles. The molecule has 4 heterocycles. The van der Waals surface area contributed by atoms with Gasteiger partial charge in [0, 0.05) is 55.6 Å². The molecule has 166 valence electrons. The standard InChI is InChI=1S/C24H25N9/c1-17-3-2-4-20(28-17)23-26-11-9-21(31-23)30-22-10-12-27-24(32-22)29-18-5-7-19(8-6-18)33-15-13-25-14-16-33/h2-12,25H,13-16H2,1H3,(H2,26,27,29,30,31,32). The van der Waals surface area contributed by atoms with Gasteiger partial charge < -0.3 is 20.9 Å². The van der Waals surface area contributed by atoms with Gasteiger partial charge in [-0.25, -0.2) is 19.9 Å². The van der Waals surface area contributed by atoms with Crippen LogP contribution in [0.2, 0.25) is 0 Å². The topological polar surface area (TPSA) is 104 Å². The summed E-state index contributed by atoms with van der Waals surface area (Å²) in [4.78, 5) is 24.7. The van der Waals surface area contributed by atoms with E-state index in [1.807, 2.05) is 37.3 Å². The number of piperazine rings is 1. The van der Waals surface area contributed by atoms with E-state index in [1.165, 1.54) is 5.69 Å². The summed E-state index contributed by atoms with van der Waals surface area (Å²) in [6.07, 6.45) is 3.41. The van der Waals surface area contributed by atoms with Gasteiger partial charge in [0.15, 0.2) is 5.82 Å². The van der Waals surface area contributed by atoms with Crippen molar-refractivity contribution in [3.63, 3.8) is 0 Å². The van der Waals surface area contributed by atoms with E-state index in [2.05, 4.69) is 57.9 Å². The Morgan fingerprint density at radius 2 is 1.55 bits per heavy atom. The van der Waals surface area contributed by atoms with Crippen LogP contribution in [-0.4, -0.2) is 51.1 Å². The van der Waals surface area contributed by atoms with Crippen LogP contribution in [0.4, 0.5) is 29.0 Å². The molecule has 0 radical (unpaired) electrons. The highest BCUT2D eigenvalue weighted by Crippen LogP contribution is 2.22. The first kappa shape index (κ1) is 20.8. The van der Waals surface area contributed by atoms with Gasteiger partial charge in [-0.15, -0.1) is 0 Å². The molecule has 1 fully saturated rings. The Labute approximate surface area is 192 Å². The van der Waals surface area contributed by atoms with Crippen molar-refractivity contribution in [1.29, 1.82) is 0 Å². The summed E-state index contributed by atoms with van der Waals surface area (Å²) in [5, 5.41) is 9.87. The number of hydrogen-bond acceptors (Lipinski definition) is 9. The molecule has 33 heavy (non-hydrogen) atoms. The minimum atomic E-state index is 0.504. The minimum Gasteiger partial charge on any atom is -0.369 e. The smallest absolute Gasteiger partial charge is 0.229 e. The first-order valence-corrected chi connectivity index (χ1v) is 10.9. The van der Waals surface area contributed by atoms with Crippen molar-refractivity contribution < 1.29 is 0 Å². The maximum Gasteiger partial charge on any atom is 0.229 e. The van der Waals surface area contributed by atoms with Crippen LogP contribution in [0, 0.1) is 6.92 Å². The average Bonchev–Trinajstić information content (AvgIpc) is 2.85. The second-order valence-electron chi connectivity index (χ2n) is 7.73. The molecule has 0 amide bonds. The third-order valence-electron chi connectivity index (χ3n) is 5.29. The van der Waals surface area contributed by atoms with Crippen molar-refractivity contribution >= 4 is 29.0 Å². The highest BCUT2D eigenvalue weighted by molar-refractivity contribution is 5.61. The molecule has 0 bridgehead atoms. The van der Waals surface area contributed by atoms with Crippen molar-refractivity contribution in [3.8, 4) is 11.5 Å². The normalized spacial score (nSPS) is 13.5. The van der Waals surface area contributed by atoms with E-state index in [9.17, 15) is 0 Å². The molecule has 0 spiro atoms. The molecule has 3 aromatic heterocycles. The van der Waals surface area contributed by atoms with Gasteiger partial charge in [-0.3, -0.25) is 0 Å². The molecule has 3 N–H and O–H groups in total. The summed E-state index contributed by atoms with van der Waals surface area (Å²) in [7, 11) is 0. The van der Waals surface area contributed by atoms with Gasteiger partial charge in [0.2, 0.25) is 5.95 Å².